The van der Waals surface area contributed by atoms with Crippen LogP contribution < -0.4 is 11.1 Å². The number of H-pyrrole nitrogens is 2. The van der Waals surface area contributed by atoms with Gasteiger partial charge in [0.2, 0.25) is 10.0 Å². The van der Waals surface area contributed by atoms with Crippen LogP contribution in [0, 0.1) is 5.92 Å². The van der Waals surface area contributed by atoms with Crippen molar-refractivity contribution in [3.8, 4) is 0 Å². The van der Waals surface area contributed by atoms with Crippen LogP contribution in [0.4, 0.5) is 0 Å². The first-order valence-corrected chi connectivity index (χ1v) is 9.54. The van der Waals surface area contributed by atoms with E-state index >= 15 is 0 Å². The topological polar surface area (TPSA) is 103 Å². The maximum atomic E-state index is 12.8. The molecule has 0 unspecified atom stereocenters. The van der Waals surface area contributed by atoms with Crippen LogP contribution in [0.2, 0.25) is 0 Å². The lowest BCUT2D eigenvalue weighted by Gasteiger charge is -2.26. The average molecular weight is 351 g/mol. The Hall–Kier alpha value is -1.93. The summed E-state index contributed by atoms with van der Waals surface area (Å²) in [6.45, 7) is 0.502. The molecule has 1 fully saturated rings. The molecule has 0 saturated heterocycles. The smallest absolute Gasteiger partial charge is 0.314 e. The molecule has 0 atom stereocenters. The van der Waals surface area contributed by atoms with E-state index in [9.17, 15) is 18.0 Å². The van der Waals surface area contributed by atoms with Crippen LogP contribution in [0.3, 0.4) is 0 Å². The number of hydrogen-bond acceptors (Lipinski definition) is 4. The molecule has 0 amide bonds. The van der Waals surface area contributed by atoms with Crippen molar-refractivity contribution in [2.24, 2.45) is 5.92 Å². The molecule has 0 spiro atoms. The monoisotopic (exact) mass is 351 g/mol. The second kappa shape index (κ2) is 6.52. The highest BCUT2D eigenvalue weighted by Crippen LogP contribution is 2.26. The Morgan fingerprint density at radius 2 is 1.67 bits per heavy atom. The molecule has 24 heavy (non-hydrogen) atoms. The van der Waals surface area contributed by atoms with E-state index in [1.54, 1.807) is 7.05 Å². The molecule has 2 aromatic rings. The molecule has 1 aromatic heterocycles. The Kier molecular flexibility index (Phi) is 4.60. The summed E-state index contributed by atoms with van der Waals surface area (Å²) in [5, 5.41) is 0. The zero-order valence-corrected chi connectivity index (χ0v) is 14.4. The molecule has 1 aliphatic rings. The van der Waals surface area contributed by atoms with Gasteiger partial charge < -0.3 is 9.97 Å². The molecule has 1 aliphatic carbocycles. The minimum absolute atomic E-state index is 0.107. The Morgan fingerprint density at radius 3 is 2.33 bits per heavy atom. The molecule has 3 rings (SSSR count). The van der Waals surface area contributed by atoms with Gasteiger partial charge in [0.15, 0.2) is 0 Å². The molecule has 8 heteroatoms. The summed E-state index contributed by atoms with van der Waals surface area (Å²) < 4.78 is 26.9. The fourth-order valence-corrected chi connectivity index (χ4v) is 4.54. The van der Waals surface area contributed by atoms with E-state index in [0.717, 1.165) is 25.7 Å². The predicted molar refractivity (Wildman–Crippen MR) is 91.6 cm³/mol. The highest BCUT2D eigenvalue weighted by Gasteiger charge is 2.25. The van der Waals surface area contributed by atoms with Crippen molar-refractivity contribution in [3.63, 3.8) is 0 Å². The Morgan fingerprint density at radius 1 is 1.04 bits per heavy atom. The minimum Gasteiger partial charge on any atom is -0.316 e. The van der Waals surface area contributed by atoms with Crippen molar-refractivity contribution < 1.29 is 8.42 Å². The average Bonchev–Trinajstić information content (AvgIpc) is 2.56. The number of sulfonamides is 1. The lowest BCUT2D eigenvalue weighted by molar-refractivity contribution is 0.300. The molecule has 0 radical (unpaired) electrons. The number of hydrogen-bond donors (Lipinski definition) is 2. The van der Waals surface area contributed by atoms with Gasteiger partial charge in [0, 0.05) is 13.6 Å². The zero-order chi connectivity index (χ0) is 17.3. The van der Waals surface area contributed by atoms with Crippen LogP contribution in [0.5, 0.6) is 0 Å². The van der Waals surface area contributed by atoms with E-state index in [0.29, 0.717) is 23.5 Å². The third-order valence-corrected chi connectivity index (χ3v) is 6.46. The molecule has 130 valence electrons. The van der Waals surface area contributed by atoms with Crippen molar-refractivity contribution in [1.29, 1.82) is 0 Å². The highest BCUT2D eigenvalue weighted by molar-refractivity contribution is 7.89. The van der Waals surface area contributed by atoms with Crippen LogP contribution in [0.25, 0.3) is 11.0 Å². The van der Waals surface area contributed by atoms with E-state index in [4.69, 9.17) is 0 Å². The molecule has 7 nitrogen and oxygen atoms in total. The second-order valence-corrected chi connectivity index (χ2v) is 8.45. The summed E-state index contributed by atoms with van der Waals surface area (Å²) in [7, 11) is -2.05. The lowest BCUT2D eigenvalue weighted by Crippen LogP contribution is -2.33. The zero-order valence-electron chi connectivity index (χ0n) is 13.5. The van der Waals surface area contributed by atoms with Gasteiger partial charge in [-0.25, -0.2) is 12.7 Å². The van der Waals surface area contributed by atoms with Gasteiger partial charge in [0.1, 0.15) is 0 Å². The number of aromatic amines is 2. The van der Waals surface area contributed by atoms with E-state index in [-0.39, 0.29) is 4.90 Å². The Bertz CT molecular complexity index is 955. The highest BCUT2D eigenvalue weighted by atomic mass is 32.2. The quantitative estimate of drug-likeness (QED) is 0.813. The molecule has 1 aromatic carbocycles. The summed E-state index contributed by atoms with van der Waals surface area (Å²) >= 11 is 0. The molecule has 0 bridgehead atoms. The van der Waals surface area contributed by atoms with Gasteiger partial charge in [0.25, 0.3) is 0 Å². The van der Waals surface area contributed by atoms with Gasteiger partial charge in [0.05, 0.1) is 15.9 Å². The van der Waals surface area contributed by atoms with Gasteiger partial charge in [-0.3, -0.25) is 9.59 Å². The molecular weight excluding hydrogens is 330 g/mol. The maximum Gasteiger partial charge on any atom is 0.314 e. The van der Waals surface area contributed by atoms with Crippen molar-refractivity contribution in [2.45, 2.75) is 37.0 Å². The molecular formula is C16H21N3O4S. The molecule has 1 saturated carbocycles. The standard InChI is InChI=1S/C16H21N3O4S/c1-19(10-11-5-3-2-4-6-11)24(22,23)12-7-8-13-14(9-12)18-16(21)15(20)17-13/h7-9,11H,2-6,10H2,1H3,(H,17,20)(H,18,21). The predicted octanol–water partition coefficient (Wildman–Crippen LogP) is 1.42. The summed E-state index contributed by atoms with van der Waals surface area (Å²) in [5.41, 5.74) is -0.861. The largest absolute Gasteiger partial charge is 0.316 e. The summed E-state index contributed by atoms with van der Waals surface area (Å²) in [5.74, 6) is 0.398. The van der Waals surface area contributed by atoms with Crippen LogP contribution in [-0.2, 0) is 10.0 Å². The van der Waals surface area contributed by atoms with E-state index < -0.39 is 21.1 Å². The van der Waals surface area contributed by atoms with Crippen molar-refractivity contribution in [2.75, 3.05) is 13.6 Å². The second-order valence-electron chi connectivity index (χ2n) is 6.41. The van der Waals surface area contributed by atoms with Crippen LogP contribution in [-0.4, -0.2) is 36.3 Å². The summed E-state index contributed by atoms with van der Waals surface area (Å²) in [6, 6.07) is 4.33. The SMILES string of the molecule is CN(CC1CCCCC1)S(=O)(=O)c1ccc2[nH]c(=O)c(=O)[nH]c2c1. The maximum absolute atomic E-state index is 12.8. The minimum atomic E-state index is -3.63. The van der Waals surface area contributed by atoms with Crippen LogP contribution in [0.15, 0.2) is 32.7 Å². The normalized spacial score (nSPS) is 16.8. The first kappa shape index (κ1) is 16.9. The number of benzene rings is 1. The number of aromatic nitrogens is 2. The van der Waals surface area contributed by atoms with Crippen molar-refractivity contribution in [3.05, 3.63) is 38.9 Å². The summed E-state index contributed by atoms with van der Waals surface area (Å²) in [6.07, 6.45) is 5.66. The van der Waals surface area contributed by atoms with Gasteiger partial charge in [-0.05, 0) is 37.0 Å². The fraction of sp³-hybridized carbons (Fsp3) is 0.500. The number of nitrogens with one attached hydrogen (secondary N) is 2. The third-order valence-electron chi connectivity index (χ3n) is 4.64. The van der Waals surface area contributed by atoms with Crippen LogP contribution in [0.1, 0.15) is 32.1 Å². The number of rotatable bonds is 4. The summed E-state index contributed by atoms with van der Waals surface area (Å²) in [4.78, 5) is 27.7. The van der Waals surface area contributed by atoms with E-state index in [1.165, 1.54) is 28.9 Å². The first-order valence-electron chi connectivity index (χ1n) is 8.10. The Labute approximate surface area is 139 Å². The van der Waals surface area contributed by atoms with E-state index in [2.05, 4.69) is 9.97 Å². The first-order chi connectivity index (χ1) is 11.4. The van der Waals surface area contributed by atoms with Gasteiger partial charge in [-0.2, -0.15) is 0 Å². The number of nitrogens with zero attached hydrogens (tertiary/aromatic N) is 1. The Balaban J connectivity index is 1.90. The fourth-order valence-electron chi connectivity index (χ4n) is 3.27. The van der Waals surface area contributed by atoms with Gasteiger partial charge >= 0.3 is 11.1 Å². The molecule has 2 N–H and O–H groups in total. The van der Waals surface area contributed by atoms with Gasteiger partial charge in [-0.1, -0.05) is 19.3 Å². The van der Waals surface area contributed by atoms with Gasteiger partial charge in [-0.15, -0.1) is 0 Å². The van der Waals surface area contributed by atoms with Crippen LogP contribution >= 0.6 is 0 Å². The molecule has 0 aliphatic heterocycles. The van der Waals surface area contributed by atoms with E-state index in [1.807, 2.05) is 0 Å². The lowest BCUT2D eigenvalue weighted by atomic mass is 9.89. The van der Waals surface area contributed by atoms with Crippen molar-refractivity contribution >= 4 is 21.1 Å². The third kappa shape index (κ3) is 3.29. The van der Waals surface area contributed by atoms with Crippen molar-refractivity contribution in [1.82, 2.24) is 14.3 Å². The molecule has 1 heterocycles. The number of fused-ring (bicyclic) bond motifs is 1.